The molecule has 0 aromatic heterocycles. The first-order valence-corrected chi connectivity index (χ1v) is 5.58. The number of esters is 1. The molecule has 0 aliphatic carbocycles. The third-order valence-corrected chi connectivity index (χ3v) is 2.24. The van der Waals surface area contributed by atoms with Gasteiger partial charge in [0, 0.05) is 11.8 Å². The number of amides is 2. The van der Waals surface area contributed by atoms with Crippen molar-refractivity contribution >= 4 is 18.1 Å². The third kappa shape index (κ3) is 5.12. The highest BCUT2D eigenvalue weighted by Gasteiger charge is 2.02. The van der Waals surface area contributed by atoms with E-state index in [1.54, 1.807) is 13.2 Å². The maximum Gasteiger partial charge on any atom is 0.325 e. The second-order valence-electron chi connectivity index (χ2n) is 3.48. The molecule has 2 amide bonds. The minimum atomic E-state index is -0.510. The summed E-state index contributed by atoms with van der Waals surface area (Å²) in [7, 11) is 2.83. The second-order valence-corrected chi connectivity index (χ2v) is 3.48. The van der Waals surface area contributed by atoms with Crippen molar-refractivity contribution in [2.45, 2.75) is 0 Å². The van der Waals surface area contributed by atoms with Crippen LogP contribution in [0.1, 0.15) is 5.56 Å². The molecule has 1 rings (SSSR count). The van der Waals surface area contributed by atoms with Crippen molar-refractivity contribution in [3.63, 3.8) is 0 Å². The molecule has 1 aromatic rings. The van der Waals surface area contributed by atoms with Gasteiger partial charge < -0.3 is 20.1 Å². The first kappa shape index (κ1) is 14.6. The molecule has 6 heteroatoms. The van der Waals surface area contributed by atoms with Crippen LogP contribution in [-0.2, 0) is 9.53 Å². The van der Waals surface area contributed by atoms with E-state index >= 15 is 0 Å². The summed E-state index contributed by atoms with van der Waals surface area (Å²) in [4.78, 5) is 22.1. The lowest BCUT2D eigenvalue weighted by molar-refractivity contribution is -0.139. The molecule has 0 fully saturated rings. The lowest BCUT2D eigenvalue weighted by atomic mass is 10.2. The number of benzene rings is 1. The Bertz CT molecular complexity index is 471. The number of hydrogen-bond donors (Lipinski definition) is 2. The van der Waals surface area contributed by atoms with E-state index in [-0.39, 0.29) is 6.54 Å². The van der Waals surface area contributed by atoms with E-state index in [1.165, 1.54) is 13.3 Å². The van der Waals surface area contributed by atoms with Crippen molar-refractivity contribution in [3.05, 3.63) is 36.0 Å². The molecule has 0 unspecified atom stereocenters. The fourth-order valence-electron chi connectivity index (χ4n) is 1.29. The Morgan fingerprint density at radius 2 is 2.00 bits per heavy atom. The van der Waals surface area contributed by atoms with Gasteiger partial charge in [-0.05, 0) is 12.1 Å². The topological polar surface area (TPSA) is 76.7 Å². The van der Waals surface area contributed by atoms with Crippen LogP contribution in [0.25, 0.3) is 6.08 Å². The van der Waals surface area contributed by atoms with E-state index < -0.39 is 12.0 Å². The molecule has 102 valence electrons. The van der Waals surface area contributed by atoms with Gasteiger partial charge in [0.25, 0.3) is 0 Å². The summed E-state index contributed by atoms with van der Waals surface area (Å²) < 4.78 is 9.54. The highest BCUT2D eigenvalue weighted by atomic mass is 16.5. The number of methoxy groups -OCH3 is 2. The molecule has 0 saturated carbocycles. The monoisotopic (exact) mass is 264 g/mol. The molecule has 0 bridgehead atoms. The van der Waals surface area contributed by atoms with E-state index in [4.69, 9.17) is 4.74 Å². The van der Waals surface area contributed by atoms with E-state index in [0.717, 1.165) is 5.56 Å². The summed E-state index contributed by atoms with van der Waals surface area (Å²) in [6.07, 6.45) is 3.15. The van der Waals surface area contributed by atoms with Crippen molar-refractivity contribution in [1.82, 2.24) is 10.6 Å². The normalized spacial score (nSPS) is 10.0. The van der Waals surface area contributed by atoms with Crippen LogP contribution in [0, 0.1) is 0 Å². The molecule has 0 aliphatic heterocycles. The minimum absolute atomic E-state index is 0.176. The predicted molar refractivity (Wildman–Crippen MR) is 70.6 cm³/mol. The third-order valence-electron chi connectivity index (χ3n) is 2.24. The van der Waals surface area contributed by atoms with Gasteiger partial charge in [-0.2, -0.15) is 0 Å². The highest BCUT2D eigenvalue weighted by molar-refractivity contribution is 5.81. The number of hydrogen-bond acceptors (Lipinski definition) is 4. The summed E-state index contributed by atoms with van der Waals surface area (Å²) >= 11 is 0. The fourth-order valence-corrected chi connectivity index (χ4v) is 1.29. The Hall–Kier alpha value is -2.50. The first-order chi connectivity index (χ1) is 9.17. The zero-order valence-corrected chi connectivity index (χ0v) is 10.8. The van der Waals surface area contributed by atoms with Crippen LogP contribution in [0.2, 0.25) is 0 Å². The summed E-state index contributed by atoms with van der Waals surface area (Å²) in [5.74, 6) is 0.194. The quantitative estimate of drug-likeness (QED) is 0.782. The standard InChI is InChI=1S/C13H16N2O4/c1-18-11-6-4-3-5-10(11)7-8-14-13(17)15-9-12(16)19-2/h3-8H,9H2,1-2H3,(H2,14,15,17)/b8-7+. The summed E-state index contributed by atoms with van der Waals surface area (Å²) in [5.41, 5.74) is 0.832. The lowest BCUT2D eigenvalue weighted by Gasteiger charge is -2.04. The van der Waals surface area contributed by atoms with Gasteiger partial charge in [0.05, 0.1) is 14.2 Å². The first-order valence-electron chi connectivity index (χ1n) is 5.58. The average Bonchev–Trinajstić information content (AvgIpc) is 2.45. The zero-order valence-electron chi connectivity index (χ0n) is 10.8. The molecular formula is C13H16N2O4. The van der Waals surface area contributed by atoms with E-state index in [2.05, 4.69) is 15.4 Å². The van der Waals surface area contributed by atoms with Crippen LogP contribution in [0.3, 0.4) is 0 Å². The number of rotatable bonds is 5. The van der Waals surface area contributed by atoms with Crippen molar-refractivity contribution in [2.24, 2.45) is 0 Å². The van der Waals surface area contributed by atoms with Gasteiger partial charge in [-0.3, -0.25) is 4.79 Å². The molecule has 0 saturated heterocycles. The number of para-hydroxylation sites is 1. The summed E-state index contributed by atoms with van der Waals surface area (Å²) in [5, 5.41) is 4.81. The van der Waals surface area contributed by atoms with Crippen LogP contribution in [0.4, 0.5) is 4.79 Å². The number of carbonyl (C=O) groups is 2. The Kier molecular flexibility index (Phi) is 5.94. The molecule has 6 nitrogen and oxygen atoms in total. The molecule has 0 aliphatic rings. The molecule has 0 spiro atoms. The van der Waals surface area contributed by atoms with Crippen LogP contribution < -0.4 is 15.4 Å². The second kappa shape index (κ2) is 7.75. The van der Waals surface area contributed by atoms with Crippen LogP contribution in [-0.4, -0.2) is 32.8 Å². The van der Waals surface area contributed by atoms with Crippen molar-refractivity contribution in [3.8, 4) is 5.75 Å². The van der Waals surface area contributed by atoms with Crippen molar-refractivity contribution < 1.29 is 19.1 Å². The van der Waals surface area contributed by atoms with Crippen LogP contribution in [0.5, 0.6) is 5.75 Å². The average molecular weight is 264 g/mol. The number of carbonyl (C=O) groups excluding carboxylic acids is 2. The highest BCUT2D eigenvalue weighted by Crippen LogP contribution is 2.17. The van der Waals surface area contributed by atoms with Crippen molar-refractivity contribution in [1.29, 1.82) is 0 Å². The maximum absolute atomic E-state index is 11.3. The maximum atomic E-state index is 11.3. The van der Waals surface area contributed by atoms with Gasteiger partial charge in [0.2, 0.25) is 0 Å². The van der Waals surface area contributed by atoms with Gasteiger partial charge in [-0.15, -0.1) is 0 Å². The summed E-state index contributed by atoms with van der Waals surface area (Å²) in [6.45, 7) is -0.176. The molecule has 1 aromatic carbocycles. The van der Waals surface area contributed by atoms with Gasteiger partial charge in [-0.1, -0.05) is 18.2 Å². The van der Waals surface area contributed by atoms with Gasteiger partial charge in [-0.25, -0.2) is 4.79 Å². The molecule has 19 heavy (non-hydrogen) atoms. The Morgan fingerprint density at radius 1 is 1.26 bits per heavy atom. The minimum Gasteiger partial charge on any atom is -0.496 e. The zero-order chi connectivity index (χ0) is 14.1. The number of ether oxygens (including phenoxy) is 2. The number of nitrogens with one attached hydrogen (secondary N) is 2. The predicted octanol–water partition coefficient (Wildman–Crippen LogP) is 1.14. The van der Waals surface area contributed by atoms with Crippen LogP contribution in [0.15, 0.2) is 30.5 Å². The molecule has 0 radical (unpaired) electrons. The number of urea groups is 1. The van der Waals surface area contributed by atoms with Gasteiger partial charge >= 0.3 is 12.0 Å². The van der Waals surface area contributed by atoms with Gasteiger partial charge in [0.15, 0.2) is 0 Å². The Labute approximate surface area is 111 Å². The van der Waals surface area contributed by atoms with Gasteiger partial charge in [0.1, 0.15) is 12.3 Å². The molecule has 0 heterocycles. The largest absolute Gasteiger partial charge is 0.496 e. The van der Waals surface area contributed by atoms with Crippen LogP contribution >= 0.6 is 0 Å². The fraction of sp³-hybridized carbons (Fsp3) is 0.231. The molecule has 2 N–H and O–H groups in total. The SMILES string of the molecule is COC(=O)CNC(=O)N/C=C/c1ccccc1OC. The molecule has 0 atom stereocenters. The Balaban J connectivity index is 2.45. The van der Waals surface area contributed by atoms with E-state index in [0.29, 0.717) is 5.75 Å². The lowest BCUT2D eigenvalue weighted by Crippen LogP contribution is -2.36. The smallest absolute Gasteiger partial charge is 0.325 e. The van der Waals surface area contributed by atoms with E-state index in [9.17, 15) is 9.59 Å². The summed E-state index contributed by atoms with van der Waals surface area (Å²) in [6, 6.07) is 6.89. The van der Waals surface area contributed by atoms with Crippen molar-refractivity contribution in [2.75, 3.05) is 20.8 Å². The Morgan fingerprint density at radius 3 is 2.68 bits per heavy atom. The van der Waals surface area contributed by atoms with E-state index in [1.807, 2.05) is 24.3 Å². The molecular weight excluding hydrogens is 248 g/mol.